The summed E-state index contributed by atoms with van der Waals surface area (Å²) >= 11 is 10.3. The van der Waals surface area contributed by atoms with Crippen molar-refractivity contribution < 1.29 is 9.59 Å². The molecule has 0 aliphatic heterocycles. The monoisotopic (exact) mass is 825 g/mol. The summed E-state index contributed by atoms with van der Waals surface area (Å²) in [6, 6.07) is 44.0. The standard InChI is InChI=1S/C46H35NO2S6/c1-2-3-4-5-6-35-19-20-39(50-35)40-22-21-38(53-40)29-7-13-32(14-8-29)47(33-15-9-30(10-16-33)41-25-45-43(54-41)23-36(27-48)51-45)34-17-11-31(12-18-34)42-26-46-44(55-42)24-37(28-49)52-46/h7-28H,2-6H2,1H3. The fraction of sp³-hybridized carbons (Fsp3) is 0.130. The number of aldehydes is 2. The molecule has 9 heteroatoms. The lowest BCUT2D eigenvalue weighted by molar-refractivity contribution is 0.111. The smallest absolute Gasteiger partial charge is 0.160 e. The van der Waals surface area contributed by atoms with Crippen LogP contribution in [0.5, 0.6) is 0 Å². The van der Waals surface area contributed by atoms with Crippen LogP contribution in [0.2, 0.25) is 0 Å². The Morgan fingerprint density at radius 3 is 1.38 bits per heavy atom. The van der Waals surface area contributed by atoms with E-state index in [1.807, 2.05) is 34.8 Å². The number of unbranched alkanes of at least 4 members (excludes halogenated alkanes) is 3. The van der Waals surface area contributed by atoms with Gasteiger partial charge < -0.3 is 4.90 Å². The molecule has 0 bridgehead atoms. The normalized spacial score (nSPS) is 11.5. The minimum absolute atomic E-state index is 0.769. The lowest BCUT2D eigenvalue weighted by atomic mass is 10.1. The van der Waals surface area contributed by atoms with Crippen molar-refractivity contribution in [3.63, 3.8) is 0 Å². The fourth-order valence-electron chi connectivity index (χ4n) is 6.88. The second-order valence-corrected chi connectivity index (χ2v) is 20.1. The van der Waals surface area contributed by atoms with Gasteiger partial charge in [-0.3, -0.25) is 9.59 Å². The van der Waals surface area contributed by atoms with Gasteiger partial charge in [0.25, 0.3) is 0 Å². The molecule has 0 unspecified atom stereocenters. The van der Waals surface area contributed by atoms with Crippen LogP contribution in [0.25, 0.3) is 59.9 Å². The molecule has 0 fully saturated rings. The largest absolute Gasteiger partial charge is 0.311 e. The van der Waals surface area contributed by atoms with Crippen molar-refractivity contribution in [2.45, 2.75) is 39.0 Å². The van der Waals surface area contributed by atoms with E-state index in [0.717, 1.165) is 69.3 Å². The average Bonchev–Trinajstić information content (AvgIpc) is 4.07. The number of anilines is 3. The molecule has 0 atom stereocenters. The maximum Gasteiger partial charge on any atom is 0.160 e. The molecule has 3 aromatic carbocycles. The van der Waals surface area contributed by atoms with Crippen LogP contribution in [0.3, 0.4) is 0 Å². The molecule has 0 aliphatic rings. The Labute approximate surface area is 344 Å². The molecule has 0 spiro atoms. The van der Waals surface area contributed by atoms with E-state index in [1.54, 1.807) is 45.3 Å². The molecule has 0 radical (unpaired) electrons. The highest BCUT2D eigenvalue weighted by Crippen LogP contribution is 2.44. The maximum atomic E-state index is 11.3. The summed E-state index contributed by atoms with van der Waals surface area (Å²) < 4.78 is 4.61. The molecular weight excluding hydrogens is 791 g/mol. The molecule has 0 saturated carbocycles. The van der Waals surface area contributed by atoms with Crippen LogP contribution >= 0.6 is 68.0 Å². The molecule has 0 aliphatic carbocycles. The van der Waals surface area contributed by atoms with Gasteiger partial charge in [-0.05, 0) is 114 Å². The second kappa shape index (κ2) is 15.9. The van der Waals surface area contributed by atoms with E-state index in [2.05, 4.69) is 121 Å². The quantitative estimate of drug-likeness (QED) is 0.0810. The third-order valence-electron chi connectivity index (χ3n) is 9.70. The van der Waals surface area contributed by atoms with Crippen LogP contribution in [0.15, 0.2) is 121 Å². The van der Waals surface area contributed by atoms with E-state index in [9.17, 15) is 9.59 Å². The minimum Gasteiger partial charge on any atom is -0.311 e. The van der Waals surface area contributed by atoms with Crippen LogP contribution in [0.1, 0.15) is 56.8 Å². The number of hydrogen-bond donors (Lipinski definition) is 0. The molecule has 9 rings (SSSR count). The van der Waals surface area contributed by atoms with Crippen molar-refractivity contribution in [1.82, 2.24) is 0 Å². The number of rotatable bonds is 14. The number of thiophene rings is 6. The van der Waals surface area contributed by atoms with Gasteiger partial charge in [-0.2, -0.15) is 0 Å². The molecule has 0 amide bonds. The molecule has 0 N–H and O–H groups in total. The SMILES string of the molecule is CCCCCCc1ccc(-c2ccc(-c3ccc(N(c4ccc(-c5cc6sc(C=O)cc6s5)cc4)c4ccc(-c5cc6sc(C=O)cc6s5)cc4)cc3)s2)s1. The molecule has 6 heterocycles. The lowest BCUT2D eigenvalue weighted by Gasteiger charge is -2.26. The molecule has 6 aromatic heterocycles. The molecule has 9 aromatic rings. The Hall–Kier alpha value is -4.48. The third-order valence-corrected chi connectivity index (χ3v) is 16.7. The first-order chi connectivity index (χ1) is 27.0. The Kier molecular flexibility index (Phi) is 10.5. The van der Waals surface area contributed by atoms with Crippen LogP contribution < -0.4 is 4.90 Å². The number of aryl methyl sites for hydroxylation is 1. The van der Waals surface area contributed by atoms with Crippen molar-refractivity contribution in [3.05, 3.63) is 136 Å². The highest BCUT2D eigenvalue weighted by atomic mass is 32.1. The zero-order chi connectivity index (χ0) is 37.3. The van der Waals surface area contributed by atoms with Gasteiger partial charge in [-0.1, -0.05) is 62.6 Å². The zero-order valence-electron chi connectivity index (χ0n) is 30.0. The minimum atomic E-state index is 0.769. The number of nitrogens with zero attached hydrogens (tertiary/aromatic N) is 1. The van der Waals surface area contributed by atoms with E-state index in [0.29, 0.717) is 0 Å². The van der Waals surface area contributed by atoms with Crippen LogP contribution in [0.4, 0.5) is 17.1 Å². The van der Waals surface area contributed by atoms with E-state index in [-0.39, 0.29) is 0 Å². The number of hydrogen-bond acceptors (Lipinski definition) is 9. The van der Waals surface area contributed by atoms with Crippen molar-refractivity contribution >= 4 is 116 Å². The lowest BCUT2D eigenvalue weighted by Crippen LogP contribution is -2.09. The van der Waals surface area contributed by atoms with Crippen LogP contribution in [0, 0.1) is 0 Å². The fourth-order valence-corrected chi connectivity index (χ4v) is 13.5. The summed E-state index contributed by atoms with van der Waals surface area (Å²) in [7, 11) is 0. The molecule has 272 valence electrons. The van der Waals surface area contributed by atoms with E-state index < -0.39 is 0 Å². The Morgan fingerprint density at radius 1 is 0.436 bits per heavy atom. The van der Waals surface area contributed by atoms with Gasteiger partial charge in [0.1, 0.15) is 0 Å². The zero-order valence-corrected chi connectivity index (χ0v) is 34.8. The van der Waals surface area contributed by atoms with Gasteiger partial charge in [-0.25, -0.2) is 0 Å². The topological polar surface area (TPSA) is 37.4 Å². The van der Waals surface area contributed by atoms with E-state index >= 15 is 0 Å². The van der Waals surface area contributed by atoms with Crippen molar-refractivity contribution in [1.29, 1.82) is 0 Å². The molecule has 3 nitrogen and oxygen atoms in total. The summed E-state index contributed by atoms with van der Waals surface area (Å²) in [6.07, 6.45) is 8.22. The first kappa shape index (κ1) is 36.2. The summed E-state index contributed by atoms with van der Waals surface area (Å²) in [6.45, 7) is 2.27. The summed E-state index contributed by atoms with van der Waals surface area (Å²) in [4.78, 5) is 34.3. The third kappa shape index (κ3) is 7.57. The van der Waals surface area contributed by atoms with Gasteiger partial charge >= 0.3 is 0 Å². The Morgan fingerprint density at radius 2 is 0.891 bits per heavy atom. The predicted octanol–water partition coefficient (Wildman–Crippen LogP) is 16.2. The average molecular weight is 826 g/mol. The van der Waals surface area contributed by atoms with Crippen molar-refractivity contribution in [2.24, 2.45) is 0 Å². The highest BCUT2D eigenvalue weighted by molar-refractivity contribution is 7.30. The first-order valence-electron chi connectivity index (χ1n) is 18.3. The number of carbonyl (C=O) groups excluding carboxylic acids is 2. The van der Waals surface area contributed by atoms with Crippen molar-refractivity contribution in [2.75, 3.05) is 4.90 Å². The number of fused-ring (bicyclic) bond motifs is 2. The van der Waals surface area contributed by atoms with Gasteiger partial charge in [0.15, 0.2) is 12.6 Å². The van der Waals surface area contributed by atoms with E-state index in [4.69, 9.17) is 0 Å². The Balaban J connectivity index is 1.00. The number of benzene rings is 3. The van der Waals surface area contributed by atoms with Crippen molar-refractivity contribution in [3.8, 4) is 41.1 Å². The van der Waals surface area contributed by atoms with Gasteiger partial charge in [0.2, 0.25) is 0 Å². The van der Waals surface area contributed by atoms with Gasteiger partial charge in [0.05, 0.1) is 9.75 Å². The summed E-state index contributed by atoms with van der Waals surface area (Å²) in [5.41, 5.74) is 6.77. The molecular formula is C46H35NO2S6. The molecule has 55 heavy (non-hydrogen) atoms. The second-order valence-electron chi connectivity index (χ2n) is 13.4. The van der Waals surface area contributed by atoms with E-state index in [1.165, 1.54) is 66.9 Å². The Bertz CT molecular complexity index is 2550. The summed E-state index contributed by atoms with van der Waals surface area (Å²) in [5, 5.41) is 0. The first-order valence-corrected chi connectivity index (χ1v) is 23.2. The van der Waals surface area contributed by atoms with Crippen LogP contribution in [-0.4, -0.2) is 12.6 Å². The van der Waals surface area contributed by atoms with Crippen LogP contribution in [-0.2, 0) is 6.42 Å². The predicted molar refractivity (Wildman–Crippen MR) is 244 cm³/mol. The number of carbonyl (C=O) groups is 2. The summed E-state index contributed by atoms with van der Waals surface area (Å²) in [5.74, 6) is 0. The van der Waals surface area contributed by atoms with Gasteiger partial charge in [0, 0.05) is 65.1 Å². The maximum absolute atomic E-state index is 11.3. The highest BCUT2D eigenvalue weighted by Gasteiger charge is 2.16. The molecule has 0 saturated heterocycles. The van der Waals surface area contributed by atoms with Gasteiger partial charge in [-0.15, -0.1) is 68.0 Å².